The topological polar surface area (TPSA) is 67.3 Å². The fraction of sp³-hybridized carbons (Fsp3) is 0.316. The van der Waals surface area contributed by atoms with Gasteiger partial charge in [-0.25, -0.2) is 0 Å². The quantitative estimate of drug-likeness (QED) is 0.660. The Hall–Kier alpha value is -2.51. The molecule has 136 valence electrons. The number of fused-ring (bicyclic) bond motifs is 1. The molecule has 0 bridgehead atoms. The SMILES string of the molecule is COc1ccccc1CNC(=O)CCN(C)Cc1ccc2nsnc2c1. The van der Waals surface area contributed by atoms with Crippen LogP contribution in [0.5, 0.6) is 5.75 Å². The molecular weight excluding hydrogens is 348 g/mol. The lowest BCUT2D eigenvalue weighted by Crippen LogP contribution is -2.28. The first-order chi connectivity index (χ1) is 12.7. The van der Waals surface area contributed by atoms with Crippen LogP contribution in [0.1, 0.15) is 17.5 Å². The van der Waals surface area contributed by atoms with Gasteiger partial charge in [-0.1, -0.05) is 24.3 Å². The average molecular weight is 370 g/mol. The molecule has 0 saturated carbocycles. The van der Waals surface area contributed by atoms with Crippen molar-refractivity contribution in [3.63, 3.8) is 0 Å². The Morgan fingerprint density at radius 3 is 2.85 bits per heavy atom. The van der Waals surface area contributed by atoms with Gasteiger partial charge in [-0.2, -0.15) is 8.75 Å². The summed E-state index contributed by atoms with van der Waals surface area (Å²) in [4.78, 5) is 14.2. The summed E-state index contributed by atoms with van der Waals surface area (Å²) in [5, 5.41) is 2.95. The van der Waals surface area contributed by atoms with E-state index in [0.717, 1.165) is 28.9 Å². The Morgan fingerprint density at radius 1 is 1.19 bits per heavy atom. The number of hydrogen-bond donors (Lipinski definition) is 1. The second kappa shape index (κ2) is 8.73. The first-order valence-electron chi connectivity index (χ1n) is 8.44. The molecule has 0 atom stereocenters. The number of methoxy groups -OCH3 is 1. The minimum absolute atomic E-state index is 0.0295. The van der Waals surface area contributed by atoms with E-state index in [4.69, 9.17) is 4.74 Å². The van der Waals surface area contributed by atoms with Crippen LogP contribution in [0.25, 0.3) is 11.0 Å². The van der Waals surface area contributed by atoms with Gasteiger partial charge in [-0.05, 0) is 30.8 Å². The van der Waals surface area contributed by atoms with Crippen LogP contribution in [0.3, 0.4) is 0 Å². The van der Waals surface area contributed by atoms with Crippen molar-refractivity contribution < 1.29 is 9.53 Å². The Bertz CT molecular complexity index is 881. The van der Waals surface area contributed by atoms with Crippen LogP contribution in [0.4, 0.5) is 0 Å². The summed E-state index contributed by atoms with van der Waals surface area (Å²) in [6.45, 7) is 1.93. The van der Waals surface area contributed by atoms with Gasteiger partial charge in [0.25, 0.3) is 0 Å². The minimum Gasteiger partial charge on any atom is -0.496 e. The van der Waals surface area contributed by atoms with Crippen molar-refractivity contribution in [3.8, 4) is 5.75 Å². The number of ether oxygens (including phenoxy) is 1. The van der Waals surface area contributed by atoms with Crippen LogP contribution < -0.4 is 10.1 Å². The van der Waals surface area contributed by atoms with Crippen molar-refractivity contribution in [3.05, 3.63) is 53.6 Å². The molecule has 2 aromatic carbocycles. The molecule has 0 aliphatic heterocycles. The van der Waals surface area contributed by atoms with Gasteiger partial charge >= 0.3 is 0 Å². The van der Waals surface area contributed by atoms with Crippen LogP contribution >= 0.6 is 11.7 Å². The van der Waals surface area contributed by atoms with Crippen LogP contribution in [-0.2, 0) is 17.9 Å². The molecule has 0 fully saturated rings. The number of hydrogen-bond acceptors (Lipinski definition) is 6. The largest absolute Gasteiger partial charge is 0.496 e. The van der Waals surface area contributed by atoms with E-state index in [0.29, 0.717) is 19.5 Å². The fourth-order valence-electron chi connectivity index (χ4n) is 2.74. The lowest BCUT2D eigenvalue weighted by molar-refractivity contribution is -0.121. The number of nitrogens with one attached hydrogen (secondary N) is 1. The van der Waals surface area contributed by atoms with Gasteiger partial charge < -0.3 is 15.0 Å². The van der Waals surface area contributed by atoms with E-state index in [1.165, 1.54) is 17.3 Å². The lowest BCUT2D eigenvalue weighted by Gasteiger charge is -2.16. The standard InChI is InChI=1S/C19H22N4O2S/c1-23(13-14-7-8-16-17(11-14)22-26-21-16)10-9-19(24)20-12-15-5-3-4-6-18(15)25-2/h3-8,11H,9-10,12-13H2,1-2H3,(H,20,24). The molecule has 0 spiro atoms. The molecule has 1 N–H and O–H groups in total. The van der Waals surface area contributed by atoms with Gasteiger partial charge in [0.2, 0.25) is 5.91 Å². The van der Waals surface area contributed by atoms with Gasteiger partial charge in [0.15, 0.2) is 0 Å². The molecule has 0 saturated heterocycles. The number of rotatable bonds is 8. The lowest BCUT2D eigenvalue weighted by atomic mass is 10.2. The molecule has 6 nitrogen and oxygen atoms in total. The van der Waals surface area contributed by atoms with E-state index in [9.17, 15) is 4.79 Å². The zero-order chi connectivity index (χ0) is 18.4. The summed E-state index contributed by atoms with van der Waals surface area (Å²) < 4.78 is 13.8. The molecule has 1 heterocycles. The number of para-hydroxylation sites is 1. The Balaban J connectivity index is 1.44. The third-order valence-corrected chi connectivity index (χ3v) is 4.72. The molecule has 0 aliphatic rings. The highest BCUT2D eigenvalue weighted by Crippen LogP contribution is 2.17. The van der Waals surface area contributed by atoms with E-state index in [1.54, 1.807) is 7.11 Å². The van der Waals surface area contributed by atoms with Crippen molar-refractivity contribution in [1.29, 1.82) is 0 Å². The fourth-order valence-corrected chi connectivity index (χ4v) is 3.26. The Morgan fingerprint density at radius 2 is 2.00 bits per heavy atom. The third-order valence-electron chi connectivity index (χ3n) is 4.16. The summed E-state index contributed by atoms with van der Waals surface area (Å²) in [7, 11) is 3.64. The summed E-state index contributed by atoms with van der Waals surface area (Å²) in [6.07, 6.45) is 0.451. The van der Waals surface area contributed by atoms with Gasteiger partial charge in [-0.3, -0.25) is 4.79 Å². The van der Waals surface area contributed by atoms with Crippen LogP contribution in [0.2, 0.25) is 0 Å². The molecular formula is C19H22N4O2S. The monoisotopic (exact) mass is 370 g/mol. The molecule has 26 heavy (non-hydrogen) atoms. The number of nitrogens with zero attached hydrogens (tertiary/aromatic N) is 3. The maximum absolute atomic E-state index is 12.1. The first-order valence-corrected chi connectivity index (χ1v) is 9.17. The molecule has 3 rings (SSSR count). The second-order valence-electron chi connectivity index (χ2n) is 6.16. The minimum atomic E-state index is 0.0295. The maximum atomic E-state index is 12.1. The highest BCUT2D eigenvalue weighted by Gasteiger charge is 2.08. The number of carbonyl (C=O) groups excluding carboxylic acids is 1. The normalized spacial score (nSPS) is 11.0. The molecule has 1 aromatic heterocycles. The molecule has 0 radical (unpaired) electrons. The van der Waals surface area contributed by atoms with E-state index in [1.807, 2.05) is 37.4 Å². The van der Waals surface area contributed by atoms with E-state index in [-0.39, 0.29) is 5.91 Å². The summed E-state index contributed by atoms with van der Waals surface area (Å²) >= 11 is 1.23. The van der Waals surface area contributed by atoms with E-state index < -0.39 is 0 Å². The van der Waals surface area contributed by atoms with Gasteiger partial charge in [0.1, 0.15) is 16.8 Å². The number of carbonyl (C=O) groups is 1. The smallest absolute Gasteiger partial charge is 0.221 e. The predicted molar refractivity (Wildman–Crippen MR) is 103 cm³/mol. The van der Waals surface area contributed by atoms with Crippen LogP contribution in [-0.4, -0.2) is 40.3 Å². The van der Waals surface area contributed by atoms with Gasteiger partial charge in [0, 0.05) is 31.6 Å². The Labute approximate surface area is 157 Å². The van der Waals surface area contributed by atoms with Crippen molar-refractivity contribution in [2.45, 2.75) is 19.5 Å². The van der Waals surface area contributed by atoms with Crippen LogP contribution in [0, 0.1) is 0 Å². The maximum Gasteiger partial charge on any atom is 0.221 e. The summed E-state index contributed by atoms with van der Waals surface area (Å²) in [6, 6.07) is 13.8. The number of benzene rings is 2. The van der Waals surface area contributed by atoms with Crippen molar-refractivity contribution >= 4 is 28.7 Å². The Kier molecular flexibility index (Phi) is 6.14. The molecule has 7 heteroatoms. The van der Waals surface area contributed by atoms with Crippen molar-refractivity contribution in [2.24, 2.45) is 0 Å². The zero-order valence-electron chi connectivity index (χ0n) is 14.9. The molecule has 3 aromatic rings. The van der Waals surface area contributed by atoms with Crippen LogP contribution in [0.15, 0.2) is 42.5 Å². The highest BCUT2D eigenvalue weighted by atomic mass is 32.1. The highest BCUT2D eigenvalue weighted by molar-refractivity contribution is 7.00. The van der Waals surface area contributed by atoms with Crippen molar-refractivity contribution in [1.82, 2.24) is 19.0 Å². The molecule has 0 aliphatic carbocycles. The van der Waals surface area contributed by atoms with E-state index in [2.05, 4.69) is 31.1 Å². The first kappa shape index (κ1) is 18.3. The molecule has 0 unspecified atom stereocenters. The second-order valence-corrected chi connectivity index (χ2v) is 6.69. The summed E-state index contributed by atoms with van der Waals surface area (Å²) in [5.74, 6) is 0.818. The third kappa shape index (κ3) is 4.77. The predicted octanol–water partition coefficient (Wildman–Crippen LogP) is 2.84. The number of amides is 1. The van der Waals surface area contributed by atoms with E-state index >= 15 is 0 Å². The van der Waals surface area contributed by atoms with Gasteiger partial charge in [-0.15, -0.1) is 0 Å². The summed E-state index contributed by atoms with van der Waals surface area (Å²) in [5.41, 5.74) is 4.00. The van der Waals surface area contributed by atoms with Gasteiger partial charge in [0.05, 0.1) is 18.8 Å². The molecule has 1 amide bonds. The van der Waals surface area contributed by atoms with Crippen molar-refractivity contribution in [2.75, 3.05) is 20.7 Å². The zero-order valence-corrected chi connectivity index (χ0v) is 15.8. The average Bonchev–Trinajstić information content (AvgIpc) is 3.12. The number of aromatic nitrogens is 2.